The molecule has 0 amide bonds. The summed E-state index contributed by atoms with van der Waals surface area (Å²) in [4.78, 5) is 12.0. The fourth-order valence-corrected chi connectivity index (χ4v) is 1.98. The van der Waals surface area contributed by atoms with Crippen molar-refractivity contribution in [3.63, 3.8) is 0 Å². The Morgan fingerprint density at radius 2 is 2.06 bits per heavy atom. The minimum atomic E-state index is 0.0362. The highest BCUT2D eigenvalue weighted by Gasteiger charge is 2.09. The Labute approximate surface area is 94.3 Å². The lowest BCUT2D eigenvalue weighted by Gasteiger charge is -2.01. The van der Waals surface area contributed by atoms with E-state index in [2.05, 4.69) is 0 Å². The molecule has 0 atom stereocenters. The molecule has 16 heavy (non-hydrogen) atoms. The summed E-state index contributed by atoms with van der Waals surface area (Å²) in [6, 6.07) is 6.07. The van der Waals surface area contributed by atoms with Crippen LogP contribution in [0.4, 0.5) is 0 Å². The largest absolute Gasteiger partial charge is 0.330 e. The molecule has 0 saturated heterocycles. The lowest BCUT2D eigenvalue weighted by molar-refractivity contribution is 0.630. The number of imidazole rings is 1. The third-order valence-electron chi connectivity index (χ3n) is 2.89. The van der Waals surface area contributed by atoms with Crippen molar-refractivity contribution in [2.24, 2.45) is 12.8 Å². The molecule has 0 radical (unpaired) electrons. The summed E-state index contributed by atoms with van der Waals surface area (Å²) in [6.07, 6.45) is 0.826. The van der Waals surface area contributed by atoms with Gasteiger partial charge in [0.1, 0.15) is 0 Å². The van der Waals surface area contributed by atoms with Crippen LogP contribution >= 0.6 is 0 Å². The molecular weight excluding hydrogens is 202 g/mol. The van der Waals surface area contributed by atoms with Gasteiger partial charge in [0, 0.05) is 13.6 Å². The van der Waals surface area contributed by atoms with Crippen LogP contribution in [0, 0.1) is 6.92 Å². The van der Waals surface area contributed by atoms with Crippen LogP contribution in [-0.4, -0.2) is 15.7 Å². The van der Waals surface area contributed by atoms with E-state index in [-0.39, 0.29) is 5.69 Å². The van der Waals surface area contributed by atoms with Crippen LogP contribution in [0.1, 0.15) is 12.0 Å². The summed E-state index contributed by atoms with van der Waals surface area (Å²) in [7, 11) is 1.81. The van der Waals surface area contributed by atoms with E-state index in [1.165, 1.54) is 5.56 Å². The summed E-state index contributed by atoms with van der Waals surface area (Å²) in [6.45, 7) is 3.32. The van der Waals surface area contributed by atoms with E-state index in [1.54, 1.807) is 9.13 Å². The summed E-state index contributed by atoms with van der Waals surface area (Å²) in [5.41, 5.74) is 8.66. The van der Waals surface area contributed by atoms with Crippen LogP contribution in [0.3, 0.4) is 0 Å². The van der Waals surface area contributed by atoms with Crippen LogP contribution < -0.4 is 11.4 Å². The molecule has 4 heteroatoms. The van der Waals surface area contributed by atoms with E-state index in [9.17, 15) is 4.79 Å². The summed E-state index contributed by atoms with van der Waals surface area (Å²) in [5, 5.41) is 0. The molecule has 0 aliphatic carbocycles. The van der Waals surface area contributed by atoms with Gasteiger partial charge in [0.2, 0.25) is 0 Å². The van der Waals surface area contributed by atoms with Gasteiger partial charge in [0.15, 0.2) is 0 Å². The number of aromatic nitrogens is 2. The normalized spacial score (nSPS) is 11.2. The third kappa shape index (κ3) is 1.65. The lowest BCUT2D eigenvalue weighted by atomic mass is 10.2. The Hall–Kier alpha value is -1.55. The molecule has 0 saturated carbocycles. The van der Waals surface area contributed by atoms with Crippen LogP contribution in [0.25, 0.3) is 11.0 Å². The lowest BCUT2D eigenvalue weighted by Crippen LogP contribution is -2.23. The van der Waals surface area contributed by atoms with E-state index in [0.717, 1.165) is 17.5 Å². The van der Waals surface area contributed by atoms with Gasteiger partial charge in [-0.25, -0.2) is 4.79 Å². The first-order valence-electron chi connectivity index (χ1n) is 5.51. The predicted molar refractivity (Wildman–Crippen MR) is 65.6 cm³/mol. The van der Waals surface area contributed by atoms with Crippen molar-refractivity contribution in [3.05, 3.63) is 34.2 Å². The van der Waals surface area contributed by atoms with Gasteiger partial charge in [-0.05, 0) is 37.6 Å². The zero-order chi connectivity index (χ0) is 11.7. The highest BCUT2D eigenvalue weighted by molar-refractivity contribution is 5.76. The van der Waals surface area contributed by atoms with Crippen molar-refractivity contribution in [2.45, 2.75) is 19.9 Å². The average molecular weight is 219 g/mol. The molecule has 0 fully saturated rings. The number of fused-ring (bicyclic) bond motifs is 1. The molecule has 0 aliphatic rings. The molecule has 2 N–H and O–H groups in total. The second-order valence-corrected chi connectivity index (χ2v) is 4.13. The number of nitrogens with zero attached hydrogens (tertiary/aromatic N) is 2. The highest BCUT2D eigenvalue weighted by atomic mass is 16.1. The minimum absolute atomic E-state index is 0.0362. The Bertz CT molecular complexity index is 565. The first-order valence-corrected chi connectivity index (χ1v) is 5.51. The summed E-state index contributed by atoms with van der Waals surface area (Å²) < 4.78 is 3.49. The van der Waals surface area contributed by atoms with Gasteiger partial charge in [-0.15, -0.1) is 0 Å². The second kappa shape index (κ2) is 4.14. The predicted octanol–water partition coefficient (Wildman–Crippen LogP) is 0.997. The smallest absolute Gasteiger partial charge is 0.328 e. The molecule has 86 valence electrons. The number of hydrogen-bond acceptors (Lipinski definition) is 2. The van der Waals surface area contributed by atoms with Gasteiger partial charge < -0.3 is 5.73 Å². The van der Waals surface area contributed by atoms with Gasteiger partial charge in [-0.2, -0.15) is 0 Å². The molecule has 2 aromatic rings. The van der Waals surface area contributed by atoms with E-state index < -0.39 is 0 Å². The zero-order valence-electron chi connectivity index (χ0n) is 9.73. The Kier molecular flexibility index (Phi) is 2.83. The monoisotopic (exact) mass is 219 g/mol. The summed E-state index contributed by atoms with van der Waals surface area (Å²) >= 11 is 0. The molecule has 0 bridgehead atoms. The van der Waals surface area contributed by atoms with Crippen molar-refractivity contribution < 1.29 is 0 Å². The fourth-order valence-electron chi connectivity index (χ4n) is 1.98. The van der Waals surface area contributed by atoms with E-state index in [4.69, 9.17) is 5.73 Å². The van der Waals surface area contributed by atoms with E-state index in [0.29, 0.717) is 13.1 Å². The SMILES string of the molecule is Cc1ccc2c(c1)n(C)c(=O)n2CCCN. The van der Waals surface area contributed by atoms with Crippen molar-refractivity contribution in [3.8, 4) is 0 Å². The maximum Gasteiger partial charge on any atom is 0.328 e. The number of rotatable bonds is 3. The average Bonchev–Trinajstić information content (AvgIpc) is 2.50. The topological polar surface area (TPSA) is 53.0 Å². The van der Waals surface area contributed by atoms with Crippen LogP contribution in [0.5, 0.6) is 0 Å². The van der Waals surface area contributed by atoms with Crippen molar-refractivity contribution in [2.75, 3.05) is 6.54 Å². The van der Waals surface area contributed by atoms with Crippen LogP contribution in [0.2, 0.25) is 0 Å². The maximum atomic E-state index is 12.0. The number of benzene rings is 1. The van der Waals surface area contributed by atoms with Crippen molar-refractivity contribution >= 4 is 11.0 Å². The number of aryl methyl sites for hydroxylation is 3. The van der Waals surface area contributed by atoms with Crippen molar-refractivity contribution in [1.29, 1.82) is 0 Å². The molecule has 2 rings (SSSR count). The van der Waals surface area contributed by atoms with Crippen molar-refractivity contribution in [1.82, 2.24) is 9.13 Å². The van der Waals surface area contributed by atoms with Gasteiger partial charge in [-0.3, -0.25) is 9.13 Å². The first-order chi connectivity index (χ1) is 7.65. The van der Waals surface area contributed by atoms with Gasteiger partial charge in [-0.1, -0.05) is 6.07 Å². The minimum Gasteiger partial charge on any atom is -0.330 e. The second-order valence-electron chi connectivity index (χ2n) is 4.13. The molecule has 1 aromatic heterocycles. The highest BCUT2D eigenvalue weighted by Crippen LogP contribution is 2.14. The van der Waals surface area contributed by atoms with Crippen LogP contribution in [-0.2, 0) is 13.6 Å². The van der Waals surface area contributed by atoms with Gasteiger partial charge in [0.05, 0.1) is 11.0 Å². The Balaban J connectivity index is 2.64. The number of nitrogens with two attached hydrogens (primary N) is 1. The Morgan fingerprint density at radius 3 is 2.75 bits per heavy atom. The molecule has 0 aliphatic heterocycles. The standard InChI is InChI=1S/C12H17N3O/c1-9-4-5-10-11(8-9)14(2)12(16)15(10)7-3-6-13/h4-5,8H,3,6-7,13H2,1-2H3. The maximum absolute atomic E-state index is 12.0. The molecule has 0 unspecified atom stereocenters. The Morgan fingerprint density at radius 1 is 1.31 bits per heavy atom. The first kappa shape index (κ1) is 11.0. The zero-order valence-corrected chi connectivity index (χ0v) is 9.73. The quantitative estimate of drug-likeness (QED) is 0.837. The summed E-state index contributed by atoms with van der Waals surface area (Å²) in [5.74, 6) is 0. The molecule has 1 aromatic carbocycles. The molecular formula is C12H17N3O. The van der Waals surface area contributed by atoms with E-state index in [1.807, 2.05) is 32.2 Å². The van der Waals surface area contributed by atoms with Gasteiger partial charge in [0.25, 0.3) is 0 Å². The van der Waals surface area contributed by atoms with Gasteiger partial charge >= 0.3 is 5.69 Å². The van der Waals surface area contributed by atoms with Crippen LogP contribution in [0.15, 0.2) is 23.0 Å². The molecule has 0 spiro atoms. The fraction of sp³-hybridized carbons (Fsp3) is 0.417. The molecule has 4 nitrogen and oxygen atoms in total. The van der Waals surface area contributed by atoms with E-state index >= 15 is 0 Å². The number of hydrogen-bond donors (Lipinski definition) is 1. The third-order valence-corrected chi connectivity index (χ3v) is 2.89. The molecule has 1 heterocycles.